The molecule has 0 fully saturated rings. The highest BCUT2D eigenvalue weighted by atomic mass is 16.2. The van der Waals surface area contributed by atoms with Crippen molar-refractivity contribution in [3.8, 4) is 0 Å². The van der Waals surface area contributed by atoms with Crippen LogP contribution in [-0.4, -0.2) is 21.7 Å². The fourth-order valence-corrected chi connectivity index (χ4v) is 1.24. The fourth-order valence-electron chi connectivity index (χ4n) is 1.24. The zero-order valence-corrected chi connectivity index (χ0v) is 8.46. The van der Waals surface area contributed by atoms with E-state index in [4.69, 9.17) is 5.11 Å². The molecule has 1 rings (SSSR count). The van der Waals surface area contributed by atoms with Crippen LogP contribution in [0.1, 0.15) is 29.2 Å². The maximum absolute atomic E-state index is 8.69. The van der Waals surface area contributed by atoms with Gasteiger partial charge in [-0.25, -0.2) is 0 Å². The van der Waals surface area contributed by atoms with E-state index in [2.05, 4.69) is 9.97 Å². The molecule has 0 unspecified atom stereocenters. The first-order valence-electron chi connectivity index (χ1n) is 4.56. The molecule has 1 heterocycles. The van der Waals surface area contributed by atoms with E-state index in [0.717, 1.165) is 35.6 Å². The normalized spacial score (nSPS) is 10.5. The van der Waals surface area contributed by atoms with Gasteiger partial charge in [-0.1, -0.05) is 0 Å². The average Bonchev–Trinajstić information content (AvgIpc) is 2.09. The molecule has 0 aliphatic rings. The predicted octanol–water partition coefficient (Wildman–Crippen LogP) is 1.33. The summed E-state index contributed by atoms with van der Waals surface area (Å²) in [6, 6.07) is 0. The molecule has 0 aromatic carbocycles. The van der Waals surface area contributed by atoms with E-state index in [1.165, 1.54) is 0 Å². The minimum absolute atomic E-state index is 0.216. The molecular formula is C10H16N2O. The first-order chi connectivity index (χ1) is 6.15. The van der Waals surface area contributed by atoms with Crippen molar-refractivity contribution >= 4 is 0 Å². The molecule has 0 saturated heterocycles. The van der Waals surface area contributed by atoms with Crippen molar-refractivity contribution in [3.05, 3.63) is 22.8 Å². The summed E-state index contributed by atoms with van der Waals surface area (Å²) in [6.07, 6.45) is 1.58. The molecule has 1 aromatic rings. The second-order valence-corrected chi connectivity index (χ2v) is 3.25. The maximum Gasteiger partial charge on any atom is 0.0620 e. The summed E-state index contributed by atoms with van der Waals surface area (Å²) < 4.78 is 0. The summed E-state index contributed by atoms with van der Waals surface area (Å²) in [5.41, 5.74) is 3.97. The Bertz CT molecular complexity index is 297. The lowest BCUT2D eigenvalue weighted by atomic mass is 10.2. The molecule has 0 saturated carbocycles. The van der Waals surface area contributed by atoms with Crippen molar-refractivity contribution in [1.82, 2.24) is 9.97 Å². The van der Waals surface area contributed by atoms with Crippen LogP contribution < -0.4 is 0 Å². The number of aromatic nitrogens is 2. The van der Waals surface area contributed by atoms with E-state index in [-0.39, 0.29) is 6.61 Å². The highest BCUT2D eigenvalue weighted by Crippen LogP contribution is 2.08. The van der Waals surface area contributed by atoms with E-state index >= 15 is 0 Å². The van der Waals surface area contributed by atoms with Gasteiger partial charge < -0.3 is 5.11 Å². The average molecular weight is 180 g/mol. The van der Waals surface area contributed by atoms with Crippen LogP contribution in [0.2, 0.25) is 0 Å². The lowest BCUT2D eigenvalue weighted by Gasteiger charge is -2.06. The summed E-state index contributed by atoms with van der Waals surface area (Å²) in [6.45, 7) is 6.11. The summed E-state index contributed by atoms with van der Waals surface area (Å²) in [4.78, 5) is 8.82. The molecule has 0 radical (unpaired) electrons. The van der Waals surface area contributed by atoms with Gasteiger partial charge in [-0.15, -0.1) is 0 Å². The lowest BCUT2D eigenvalue weighted by Crippen LogP contribution is -2.03. The zero-order valence-electron chi connectivity index (χ0n) is 8.46. The van der Waals surface area contributed by atoms with Crippen LogP contribution in [0.3, 0.4) is 0 Å². The molecule has 3 nitrogen and oxygen atoms in total. The quantitative estimate of drug-likeness (QED) is 0.763. The number of hydrogen-bond donors (Lipinski definition) is 1. The third kappa shape index (κ3) is 2.49. The maximum atomic E-state index is 8.69. The largest absolute Gasteiger partial charge is 0.396 e. The SMILES string of the molecule is Cc1nc(C)c(CCCO)nc1C. The van der Waals surface area contributed by atoms with E-state index in [1.54, 1.807) is 0 Å². The highest BCUT2D eigenvalue weighted by Gasteiger charge is 2.04. The Kier molecular flexibility index (Phi) is 3.37. The first-order valence-corrected chi connectivity index (χ1v) is 4.56. The van der Waals surface area contributed by atoms with Crippen LogP contribution >= 0.6 is 0 Å². The standard InChI is InChI=1S/C10H16N2O/c1-7-8(2)12-10(5-4-6-13)9(3)11-7/h13H,4-6H2,1-3H3. The summed E-state index contributed by atoms with van der Waals surface area (Å²) in [5.74, 6) is 0. The Morgan fingerprint density at radius 3 is 2.23 bits per heavy atom. The molecule has 1 aromatic heterocycles. The summed E-state index contributed by atoms with van der Waals surface area (Å²) >= 11 is 0. The Labute approximate surface area is 78.9 Å². The molecule has 3 heteroatoms. The number of rotatable bonds is 3. The Balaban J connectivity index is 2.88. The van der Waals surface area contributed by atoms with Gasteiger partial charge in [0.1, 0.15) is 0 Å². The van der Waals surface area contributed by atoms with Gasteiger partial charge in [0.05, 0.1) is 22.8 Å². The molecule has 0 amide bonds. The van der Waals surface area contributed by atoms with Gasteiger partial charge in [0.25, 0.3) is 0 Å². The molecular weight excluding hydrogens is 164 g/mol. The van der Waals surface area contributed by atoms with Gasteiger partial charge in [-0.3, -0.25) is 9.97 Å². The minimum atomic E-state index is 0.216. The Morgan fingerprint density at radius 2 is 1.62 bits per heavy atom. The monoisotopic (exact) mass is 180 g/mol. The molecule has 0 aliphatic carbocycles. The van der Waals surface area contributed by atoms with Crippen LogP contribution in [0.25, 0.3) is 0 Å². The summed E-state index contributed by atoms with van der Waals surface area (Å²) in [5, 5.41) is 8.69. The summed E-state index contributed by atoms with van der Waals surface area (Å²) in [7, 11) is 0. The zero-order chi connectivity index (χ0) is 9.84. The van der Waals surface area contributed by atoms with E-state index < -0.39 is 0 Å². The predicted molar refractivity (Wildman–Crippen MR) is 51.6 cm³/mol. The van der Waals surface area contributed by atoms with Crippen LogP contribution in [-0.2, 0) is 6.42 Å². The van der Waals surface area contributed by atoms with E-state index in [0.29, 0.717) is 0 Å². The Hall–Kier alpha value is -0.960. The van der Waals surface area contributed by atoms with E-state index in [1.807, 2.05) is 20.8 Å². The minimum Gasteiger partial charge on any atom is -0.396 e. The topological polar surface area (TPSA) is 46.0 Å². The van der Waals surface area contributed by atoms with Crippen molar-refractivity contribution in [2.45, 2.75) is 33.6 Å². The van der Waals surface area contributed by atoms with Gasteiger partial charge >= 0.3 is 0 Å². The van der Waals surface area contributed by atoms with Gasteiger partial charge in [-0.05, 0) is 33.6 Å². The van der Waals surface area contributed by atoms with Crippen molar-refractivity contribution < 1.29 is 5.11 Å². The number of aryl methyl sites for hydroxylation is 4. The smallest absolute Gasteiger partial charge is 0.0620 e. The van der Waals surface area contributed by atoms with Crippen LogP contribution in [0, 0.1) is 20.8 Å². The lowest BCUT2D eigenvalue weighted by molar-refractivity contribution is 0.288. The van der Waals surface area contributed by atoms with Crippen molar-refractivity contribution in [3.63, 3.8) is 0 Å². The van der Waals surface area contributed by atoms with Crippen molar-refractivity contribution in [1.29, 1.82) is 0 Å². The van der Waals surface area contributed by atoms with E-state index in [9.17, 15) is 0 Å². The second kappa shape index (κ2) is 4.33. The molecule has 1 N–H and O–H groups in total. The number of nitrogens with zero attached hydrogens (tertiary/aromatic N) is 2. The van der Waals surface area contributed by atoms with Crippen LogP contribution in [0.15, 0.2) is 0 Å². The van der Waals surface area contributed by atoms with Crippen LogP contribution in [0.5, 0.6) is 0 Å². The Morgan fingerprint density at radius 1 is 1.00 bits per heavy atom. The molecule has 72 valence electrons. The van der Waals surface area contributed by atoms with Gasteiger partial charge in [-0.2, -0.15) is 0 Å². The molecule has 0 bridgehead atoms. The van der Waals surface area contributed by atoms with Gasteiger partial charge in [0.2, 0.25) is 0 Å². The number of hydrogen-bond acceptors (Lipinski definition) is 3. The highest BCUT2D eigenvalue weighted by molar-refractivity contribution is 5.17. The fraction of sp³-hybridized carbons (Fsp3) is 0.600. The number of aliphatic hydroxyl groups excluding tert-OH is 1. The van der Waals surface area contributed by atoms with Crippen molar-refractivity contribution in [2.24, 2.45) is 0 Å². The third-order valence-corrected chi connectivity index (χ3v) is 2.15. The van der Waals surface area contributed by atoms with Gasteiger partial charge in [0, 0.05) is 6.61 Å². The van der Waals surface area contributed by atoms with Crippen molar-refractivity contribution in [2.75, 3.05) is 6.61 Å². The first kappa shape index (κ1) is 10.1. The molecule has 0 spiro atoms. The molecule has 0 aliphatic heterocycles. The molecule has 13 heavy (non-hydrogen) atoms. The second-order valence-electron chi connectivity index (χ2n) is 3.25. The van der Waals surface area contributed by atoms with Gasteiger partial charge in [0.15, 0.2) is 0 Å². The number of aliphatic hydroxyl groups is 1. The molecule has 0 atom stereocenters. The third-order valence-electron chi connectivity index (χ3n) is 2.15. The van der Waals surface area contributed by atoms with Crippen LogP contribution in [0.4, 0.5) is 0 Å².